The van der Waals surface area contributed by atoms with E-state index in [0.29, 0.717) is 15.7 Å². The van der Waals surface area contributed by atoms with Gasteiger partial charge in [0.05, 0.1) is 15.8 Å². The molecule has 23 heavy (non-hydrogen) atoms. The molecule has 1 aromatic heterocycles. The number of carbonyl (C=O) groups is 1. The summed E-state index contributed by atoms with van der Waals surface area (Å²) in [6.07, 6.45) is 1.90. The Kier molecular flexibility index (Phi) is 6.74. The second kappa shape index (κ2) is 8.57. The number of thioether (sulfide) groups is 1. The number of aromatic nitrogens is 3. The van der Waals surface area contributed by atoms with E-state index in [1.54, 1.807) is 18.2 Å². The standard InChI is InChI=1S/C15H18Cl2N4OS/c1-3-5-13-19-20-15(21(13)4-2)23-9-14(22)18-10-6-7-11(16)12(17)8-10/h6-8H,3-5,9H2,1-2H3,(H,18,22). The van der Waals surface area contributed by atoms with Crippen LogP contribution in [0.1, 0.15) is 26.1 Å². The van der Waals surface area contributed by atoms with Crippen LogP contribution in [0.3, 0.4) is 0 Å². The average Bonchev–Trinajstić information content (AvgIpc) is 2.91. The highest BCUT2D eigenvalue weighted by molar-refractivity contribution is 7.99. The summed E-state index contributed by atoms with van der Waals surface area (Å²) in [5.74, 6) is 1.09. The molecule has 0 saturated carbocycles. The van der Waals surface area contributed by atoms with E-state index in [-0.39, 0.29) is 11.7 Å². The highest BCUT2D eigenvalue weighted by Gasteiger charge is 2.13. The number of anilines is 1. The van der Waals surface area contributed by atoms with E-state index < -0.39 is 0 Å². The van der Waals surface area contributed by atoms with Gasteiger partial charge < -0.3 is 9.88 Å². The van der Waals surface area contributed by atoms with E-state index in [1.807, 2.05) is 11.5 Å². The van der Waals surface area contributed by atoms with Crippen molar-refractivity contribution in [3.63, 3.8) is 0 Å². The summed E-state index contributed by atoms with van der Waals surface area (Å²) in [5.41, 5.74) is 0.619. The third kappa shape index (κ3) is 4.86. The lowest BCUT2D eigenvalue weighted by Crippen LogP contribution is -2.14. The van der Waals surface area contributed by atoms with Crippen molar-refractivity contribution in [1.82, 2.24) is 14.8 Å². The fourth-order valence-corrected chi connectivity index (χ4v) is 3.17. The first-order valence-corrected chi connectivity index (χ1v) is 9.09. The van der Waals surface area contributed by atoms with Gasteiger partial charge in [0.15, 0.2) is 5.16 Å². The molecule has 0 spiro atoms. The van der Waals surface area contributed by atoms with Crippen LogP contribution in [0.15, 0.2) is 23.4 Å². The predicted octanol–water partition coefficient (Wildman–Crippen LogP) is 4.29. The summed E-state index contributed by atoms with van der Waals surface area (Å²) in [6, 6.07) is 4.99. The third-order valence-electron chi connectivity index (χ3n) is 3.12. The van der Waals surface area contributed by atoms with Crippen LogP contribution in [0.25, 0.3) is 0 Å². The largest absolute Gasteiger partial charge is 0.325 e. The molecule has 0 saturated heterocycles. The van der Waals surface area contributed by atoms with Gasteiger partial charge in [-0.25, -0.2) is 0 Å². The molecule has 1 aromatic carbocycles. The highest BCUT2D eigenvalue weighted by atomic mass is 35.5. The Morgan fingerprint density at radius 3 is 2.70 bits per heavy atom. The Balaban J connectivity index is 1.95. The van der Waals surface area contributed by atoms with Crippen molar-refractivity contribution >= 4 is 46.6 Å². The smallest absolute Gasteiger partial charge is 0.234 e. The molecule has 0 radical (unpaired) electrons. The molecular weight excluding hydrogens is 355 g/mol. The van der Waals surface area contributed by atoms with Crippen LogP contribution in [0.5, 0.6) is 0 Å². The number of hydrogen-bond acceptors (Lipinski definition) is 4. The Morgan fingerprint density at radius 1 is 1.26 bits per heavy atom. The number of amides is 1. The van der Waals surface area contributed by atoms with Gasteiger partial charge >= 0.3 is 0 Å². The number of nitrogens with zero attached hydrogens (tertiary/aromatic N) is 3. The number of hydrogen-bond donors (Lipinski definition) is 1. The minimum absolute atomic E-state index is 0.129. The molecule has 0 aliphatic rings. The van der Waals surface area contributed by atoms with E-state index >= 15 is 0 Å². The molecule has 0 atom stereocenters. The number of rotatable bonds is 7. The SMILES string of the molecule is CCCc1nnc(SCC(=O)Nc2ccc(Cl)c(Cl)c2)n1CC. The van der Waals surface area contributed by atoms with Crippen molar-refractivity contribution in [1.29, 1.82) is 0 Å². The maximum Gasteiger partial charge on any atom is 0.234 e. The van der Waals surface area contributed by atoms with Crippen molar-refractivity contribution in [2.75, 3.05) is 11.1 Å². The lowest BCUT2D eigenvalue weighted by molar-refractivity contribution is -0.113. The van der Waals surface area contributed by atoms with Crippen LogP contribution in [0, 0.1) is 0 Å². The van der Waals surface area contributed by atoms with Gasteiger partial charge in [0, 0.05) is 18.7 Å². The first-order chi connectivity index (χ1) is 11.0. The monoisotopic (exact) mass is 372 g/mol. The molecule has 0 aliphatic heterocycles. The Labute approximate surface area is 149 Å². The molecule has 2 rings (SSSR count). The van der Waals surface area contributed by atoms with Crippen LogP contribution in [-0.4, -0.2) is 26.4 Å². The molecule has 8 heteroatoms. The lowest BCUT2D eigenvalue weighted by atomic mass is 10.3. The van der Waals surface area contributed by atoms with E-state index in [4.69, 9.17) is 23.2 Å². The van der Waals surface area contributed by atoms with Gasteiger partial charge in [-0.3, -0.25) is 4.79 Å². The normalized spacial score (nSPS) is 10.8. The Morgan fingerprint density at radius 2 is 2.04 bits per heavy atom. The van der Waals surface area contributed by atoms with Crippen LogP contribution in [0.4, 0.5) is 5.69 Å². The second-order valence-electron chi connectivity index (χ2n) is 4.86. The quantitative estimate of drug-likeness (QED) is 0.736. The maximum atomic E-state index is 12.0. The van der Waals surface area contributed by atoms with Crippen LogP contribution < -0.4 is 5.32 Å². The number of nitrogens with one attached hydrogen (secondary N) is 1. The van der Waals surface area contributed by atoms with Crippen molar-refractivity contribution in [2.45, 2.75) is 38.4 Å². The summed E-state index contributed by atoms with van der Waals surface area (Å²) in [7, 11) is 0. The zero-order valence-electron chi connectivity index (χ0n) is 13.0. The average molecular weight is 373 g/mol. The summed E-state index contributed by atoms with van der Waals surface area (Å²) < 4.78 is 2.04. The number of benzene rings is 1. The molecule has 5 nitrogen and oxygen atoms in total. The van der Waals surface area contributed by atoms with Gasteiger partial charge in [0.25, 0.3) is 0 Å². The van der Waals surface area contributed by atoms with Crippen molar-refractivity contribution in [2.24, 2.45) is 0 Å². The Bertz CT molecular complexity index is 690. The summed E-state index contributed by atoms with van der Waals surface area (Å²) in [4.78, 5) is 12.0. The highest BCUT2D eigenvalue weighted by Crippen LogP contribution is 2.25. The molecule has 1 N–H and O–H groups in total. The molecule has 124 valence electrons. The minimum atomic E-state index is -0.129. The topological polar surface area (TPSA) is 59.8 Å². The summed E-state index contributed by atoms with van der Waals surface area (Å²) >= 11 is 13.2. The molecule has 0 unspecified atom stereocenters. The van der Waals surface area contributed by atoms with Crippen molar-refractivity contribution in [3.05, 3.63) is 34.1 Å². The fraction of sp³-hybridized carbons (Fsp3) is 0.400. The summed E-state index contributed by atoms with van der Waals surface area (Å²) in [6.45, 7) is 4.94. The first kappa shape index (κ1) is 18.1. The van der Waals surface area contributed by atoms with Gasteiger partial charge in [-0.1, -0.05) is 41.9 Å². The zero-order valence-corrected chi connectivity index (χ0v) is 15.3. The maximum absolute atomic E-state index is 12.0. The Hall–Kier alpha value is -1.24. The molecule has 0 bridgehead atoms. The number of halogens is 2. The minimum Gasteiger partial charge on any atom is -0.325 e. The van der Waals surface area contributed by atoms with Gasteiger partial charge in [-0.2, -0.15) is 0 Å². The fourth-order valence-electron chi connectivity index (χ4n) is 2.05. The number of aryl methyl sites for hydroxylation is 1. The zero-order chi connectivity index (χ0) is 16.8. The van der Waals surface area contributed by atoms with Crippen LogP contribution in [0.2, 0.25) is 10.0 Å². The molecule has 2 aromatic rings. The first-order valence-electron chi connectivity index (χ1n) is 7.34. The van der Waals surface area contributed by atoms with Crippen LogP contribution >= 0.6 is 35.0 Å². The van der Waals surface area contributed by atoms with Crippen LogP contribution in [-0.2, 0) is 17.8 Å². The third-order valence-corrected chi connectivity index (χ3v) is 4.82. The van der Waals surface area contributed by atoms with E-state index in [9.17, 15) is 4.79 Å². The molecular formula is C15H18Cl2N4OS. The lowest BCUT2D eigenvalue weighted by Gasteiger charge is -2.08. The van der Waals surface area contributed by atoms with E-state index in [1.165, 1.54) is 11.8 Å². The van der Waals surface area contributed by atoms with Crippen molar-refractivity contribution in [3.8, 4) is 0 Å². The molecule has 1 amide bonds. The van der Waals surface area contributed by atoms with Gasteiger partial charge in [0.2, 0.25) is 5.91 Å². The van der Waals surface area contributed by atoms with Crippen molar-refractivity contribution < 1.29 is 4.79 Å². The van der Waals surface area contributed by atoms with E-state index in [2.05, 4.69) is 22.4 Å². The molecule has 0 aliphatic carbocycles. The molecule has 0 fully saturated rings. The second-order valence-corrected chi connectivity index (χ2v) is 6.62. The predicted molar refractivity (Wildman–Crippen MR) is 95.5 cm³/mol. The molecule has 1 heterocycles. The van der Waals surface area contributed by atoms with Gasteiger partial charge in [-0.15, -0.1) is 10.2 Å². The summed E-state index contributed by atoms with van der Waals surface area (Å²) in [5, 5.41) is 12.8. The van der Waals surface area contributed by atoms with Gasteiger partial charge in [0.1, 0.15) is 5.82 Å². The number of carbonyl (C=O) groups excluding carboxylic acids is 1. The van der Waals surface area contributed by atoms with Gasteiger partial charge in [-0.05, 0) is 31.5 Å². The van der Waals surface area contributed by atoms with E-state index in [0.717, 1.165) is 30.4 Å².